The predicted octanol–water partition coefficient (Wildman–Crippen LogP) is -0.452. The number of carboxylic acid groups (broad SMARTS) is 2. The minimum atomic E-state index is -1.34. The van der Waals surface area contributed by atoms with Crippen LogP contribution in [0.15, 0.2) is 30.3 Å². The first-order valence-corrected chi connectivity index (χ1v) is 4.57. The van der Waals surface area contributed by atoms with Crippen LogP contribution in [0.1, 0.15) is 13.8 Å². The molecule has 7 heteroatoms. The van der Waals surface area contributed by atoms with Crippen molar-refractivity contribution in [3.05, 3.63) is 30.3 Å². The fraction of sp³-hybridized carbons (Fsp3) is 0.200. The summed E-state index contributed by atoms with van der Waals surface area (Å²) >= 11 is 0. The van der Waals surface area contributed by atoms with Gasteiger partial charge in [-0.15, -0.1) is 0 Å². The monoisotopic (exact) mass is 242 g/mol. The lowest BCUT2D eigenvalue weighted by atomic mass is 9.81. The number of hydrogen-bond acceptors (Lipinski definition) is 4. The lowest BCUT2D eigenvalue weighted by Gasteiger charge is -1.94. The largest absolute Gasteiger partial charge is 0.488 e. The van der Waals surface area contributed by atoms with Crippen molar-refractivity contribution in [3.8, 4) is 0 Å². The summed E-state index contributed by atoms with van der Waals surface area (Å²) in [6, 6.07) is 8.66. The van der Waals surface area contributed by atoms with E-state index in [1.165, 1.54) is 0 Å². The SMILES string of the molecule is CC(=O)O.CC(=O)O.OB(O)c1ccccc1. The van der Waals surface area contributed by atoms with Crippen molar-refractivity contribution in [2.75, 3.05) is 0 Å². The normalized spacial score (nSPS) is 7.76. The molecule has 1 aromatic rings. The topological polar surface area (TPSA) is 115 Å². The van der Waals surface area contributed by atoms with E-state index in [0.717, 1.165) is 13.8 Å². The van der Waals surface area contributed by atoms with Gasteiger partial charge in [-0.3, -0.25) is 9.59 Å². The van der Waals surface area contributed by atoms with Crippen LogP contribution in [0.25, 0.3) is 0 Å². The molecule has 1 rings (SSSR count). The maximum Gasteiger partial charge on any atom is 0.488 e. The molecular formula is C10H15BO6. The number of rotatable bonds is 1. The zero-order valence-electron chi connectivity index (χ0n) is 9.57. The standard InChI is InChI=1S/C6H7BO2.2C2H4O2/c8-7(9)6-4-2-1-3-5-6;2*1-2(3)4/h1-5,8-9H;2*1H3,(H,3,4). The summed E-state index contributed by atoms with van der Waals surface area (Å²) in [5.74, 6) is -1.67. The van der Waals surface area contributed by atoms with Crippen molar-refractivity contribution >= 4 is 24.5 Å². The highest BCUT2D eigenvalue weighted by Crippen LogP contribution is 1.82. The summed E-state index contributed by atoms with van der Waals surface area (Å²) in [7, 11) is -1.34. The minimum absolute atomic E-state index is 0.525. The van der Waals surface area contributed by atoms with Gasteiger partial charge in [-0.2, -0.15) is 0 Å². The van der Waals surface area contributed by atoms with Gasteiger partial charge in [0.25, 0.3) is 11.9 Å². The van der Waals surface area contributed by atoms with E-state index in [0.29, 0.717) is 5.46 Å². The molecule has 0 aromatic heterocycles. The molecule has 4 N–H and O–H groups in total. The van der Waals surface area contributed by atoms with Gasteiger partial charge in [-0.1, -0.05) is 30.3 Å². The highest BCUT2D eigenvalue weighted by atomic mass is 16.4. The molecule has 0 heterocycles. The first kappa shape index (κ1) is 17.5. The Morgan fingerprint density at radius 3 is 1.41 bits per heavy atom. The van der Waals surface area contributed by atoms with Crippen LogP contribution in [0.4, 0.5) is 0 Å². The van der Waals surface area contributed by atoms with E-state index in [-0.39, 0.29) is 0 Å². The van der Waals surface area contributed by atoms with Crippen LogP contribution in [-0.2, 0) is 9.59 Å². The third kappa shape index (κ3) is 20.3. The van der Waals surface area contributed by atoms with Crippen LogP contribution < -0.4 is 5.46 Å². The van der Waals surface area contributed by atoms with Gasteiger partial charge < -0.3 is 20.3 Å². The van der Waals surface area contributed by atoms with Crippen molar-refractivity contribution in [3.63, 3.8) is 0 Å². The Bertz CT molecular complexity index is 305. The van der Waals surface area contributed by atoms with Gasteiger partial charge >= 0.3 is 7.12 Å². The summed E-state index contributed by atoms with van der Waals surface area (Å²) in [6.45, 7) is 2.17. The maximum atomic E-state index is 9.00. The van der Waals surface area contributed by atoms with E-state index < -0.39 is 19.1 Å². The molecule has 94 valence electrons. The summed E-state index contributed by atoms with van der Waals surface area (Å²) in [5, 5.41) is 32.0. The second-order valence-corrected chi connectivity index (χ2v) is 2.82. The van der Waals surface area contributed by atoms with Crippen LogP contribution in [0, 0.1) is 0 Å². The summed E-state index contributed by atoms with van der Waals surface area (Å²) < 4.78 is 0. The van der Waals surface area contributed by atoms with Crippen LogP contribution in [0.2, 0.25) is 0 Å². The molecule has 0 radical (unpaired) electrons. The molecule has 0 saturated heterocycles. The molecule has 0 saturated carbocycles. The zero-order valence-corrected chi connectivity index (χ0v) is 9.57. The van der Waals surface area contributed by atoms with Crippen molar-refractivity contribution in [1.82, 2.24) is 0 Å². The average molecular weight is 242 g/mol. The first-order chi connectivity index (χ1) is 7.77. The van der Waals surface area contributed by atoms with E-state index in [4.69, 9.17) is 29.9 Å². The maximum absolute atomic E-state index is 9.00. The zero-order chi connectivity index (χ0) is 13.8. The molecule has 0 atom stereocenters. The van der Waals surface area contributed by atoms with Crippen LogP contribution in [0.3, 0.4) is 0 Å². The molecule has 0 bridgehead atoms. The van der Waals surface area contributed by atoms with E-state index >= 15 is 0 Å². The number of hydrogen-bond donors (Lipinski definition) is 4. The Hall–Kier alpha value is -1.86. The number of benzene rings is 1. The van der Waals surface area contributed by atoms with Crippen molar-refractivity contribution in [2.45, 2.75) is 13.8 Å². The van der Waals surface area contributed by atoms with Gasteiger partial charge in [0.2, 0.25) is 0 Å². The van der Waals surface area contributed by atoms with Crippen molar-refractivity contribution in [2.24, 2.45) is 0 Å². The third-order valence-corrected chi connectivity index (χ3v) is 1.10. The lowest BCUT2D eigenvalue weighted by molar-refractivity contribution is -0.135. The molecule has 0 aliphatic rings. The van der Waals surface area contributed by atoms with E-state index in [1.807, 2.05) is 6.07 Å². The third-order valence-electron chi connectivity index (χ3n) is 1.10. The Balaban J connectivity index is 0. The van der Waals surface area contributed by atoms with Crippen LogP contribution >= 0.6 is 0 Å². The Kier molecular flexibility index (Phi) is 11.0. The summed E-state index contributed by atoms with van der Waals surface area (Å²) in [4.78, 5) is 18.0. The second-order valence-electron chi connectivity index (χ2n) is 2.82. The van der Waals surface area contributed by atoms with E-state index in [1.54, 1.807) is 24.3 Å². The van der Waals surface area contributed by atoms with Gasteiger partial charge in [0.1, 0.15) is 0 Å². The average Bonchev–Trinajstić information content (AvgIpc) is 2.17. The van der Waals surface area contributed by atoms with Gasteiger partial charge in [-0.25, -0.2) is 0 Å². The Morgan fingerprint density at radius 2 is 1.24 bits per heavy atom. The predicted molar refractivity (Wildman–Crippen MR) is 62.9 cm³/mol. The second kappa shape index (κ2) is 10.7. The molecule has 1 aromatic carbocycles. The first-order valence-electron chi connectivity index (χ1n) is 4.57. The fourth-order valence-electron chi connectivity index (χ4n) is 0.625. The van der Waals surface area contributed by atoms with E-state index in [9.17, 15) is 0 Å². The number of carbonyl (C=O) groups is 2. The highest BCUT2D eigenvalue weighted by molar-refractivity contribution is 6.58. The number of carboxylic acids is 2. The molecule has 0 fully saturated rings. The van der Waals surface area contributed by atoms with Crippen molar-refractivity contribution in [1.29, 1.82) is 0 Å². The summed E-state index contributed by atoms with van der Waals surface area (Å²) in [5.41, 5.74) is 0.525. The Morgan fingerprint density at radius 1 is 0.941 bits per heavy atom. The molecule has 0 spiro atoms. The van der Waals surface area contributed by atoms with Gasteiger partial charge in [0, 0.05) is 13.8 Å². The van der Waals surface area contributed by atoms with Crippen molar-refractivity contribution < 1.29 is 29.9 Å². The Labute approximate surface area is 99.3 Å². The highest BCUT2D eigenvalue weighted by Gasteiger charge is 2.07. The lowest BCUT2D eigenvalue weighted by Crippen LogP contribution is -2.29. The van der Waals surface area contributed by atoms with Gasteiger partial charge in [0.05, 0.1) is 0 Å². The number of aliphatic carboxylic acids is 2. The van der Waals surface area contributed by atoms with E-state index in [2.05, 4.69) is 0 Å². The minimum Gasteiger partial charge on any atom is -0.481 e. The molecule has 0 aliphatic heterocycles. The molecule has 0 aliphatic carbocycles. The smallest absolute Gasteiger partial charge is 0.481 e. The molecule has 0 unspecified atom stereocenters. The van der Waals surface area contributed by atoms with Gasteiger partial charge in [0.15, 0.2) is 0 Å². The quantitative estimate of drug-likeness (QED) is 0.495. The summed E-state index contributed by atoms with van der Waals surface area (Å²) in [6.07, 6.45) is 0. The van der Waals surface area contributed by atoms with Crippen LogP contribution in [-0.4, -0.2) is 39.3 Å². The molecule has 0 amide bonds. The van der Waals surface area contributed by atoms with Crippen LogP contribution in [0.5, 0.6) is 0 Å². The van der Waals surface area contributed by atoms with Gasteiger partial charge in [-0.05, 0) is 5.46 Å². The molecule has 17 heavy (non-hydrogen) atoms. The fourth-order valence-corrected chi connectivity index (χ4v) is 0.625. The molecular weight excluding hydrogens is 227 g/mol. The molecule has 6 nitrogen and oxygen atoms in total.